The molecular weight excluding hydrogens is 332 g/mol. The van der Waals surface area contributed by atoms with E-state index in [1.54, 1.807) is 0 Å². The van der Waals surface area contributed by atoms with Crippen molar-refractivity contribution in [3.05, 3.63) is 29.8 Å². The second-order valence-corrected chi connectivity index (χ2v) is 6.61. The van der Waals surface area contributed by atoms with Gasteiger partial charge in [0.05, 0.1) is 5.69 Å². The van der Waals surface area contributed by atoms with Gasteiger partial charge in [-0.05, 0) is 30.9 Å². The molecule has 0 aromatic heterocycles. The van der Waals surface area contributed by atoms with Crippen LogP contribution in [0.5, 0.6) is 0 Å². The Kier molecular flexibility index (Phi) is 4.45. The molecule has 3 rings (SSSR count). The van der Waals surface area contributed by atoms with Gasteiger partial charge < -0.3 is 10.6 Å². The van der Waals surface area contributed by atoms with Crippen LogP contribution in [-0.4, -0.2) is 34.8 Å². The molecule has 25 heavy (non-hydrogen) atoms. The maximum absolute atomic E-state index is 13.6. The van der Waals surface area contributed by atoms with Crippen molar-refractivity contribution < 1.29 is 23.2 Å². The minimum Gasteiger partial charge on any atom is -0.323 e. The summed E-state index contributed by atoms with van der Waals surface area (Å²) in [7, 11) is 0. The van der Waals surface area contributed by atoms with Crippen molar-refractivity contribution in [3.8, 4) is 0 Å². The highest BCUT2D eigenvalue weighted by atomic mass is 19.1. The summed E-state index contributed by atoms with van der Waals surface area (Å²) in [5.41, 5.74) is -1.16. The van der Waals surface area contributed by atoms with Crippen LogP contribution in [0.15, 0.2) is 18.2 Å². The number of rotatable bonds is 3. The molecule has 8 heteroatoms. The van der Waals surface area contributed by atoms with Crippen LogP contribution < -0.4 is 10.6 Å². The van der Waals surface area contributed by atoms with Crippen LogP contribution in [0.3, 0.4) is 0 Å². The van der Waals surface area contributed by atoms with Crippen LogP contribution in [-0.2, 0) is 9.59 Å². The van der Waals surface area contributed by atoms with Crippen molar-refractivity contribution >= 4 is 23.5 Å². The Bertz CT molecular complexity index is 740. The predicted octanol–water partition coefficient (Wildman–Crippen LogP) is 2.40. The molecule has 4 amide bonds. The molecule has 1 aliphatic carbocycles. The van der Waals surface area contributed by atoms with Crippen molar-refractivity contribution in [3.63, 3.8) is 0 Å². The molecule has 1 saturated heterocycles. The van der Waals surface area contributed by atoms with Gasteiger partial charge >= 0.3 is 6.03 Å². The lowest BCUT2D eigenvalue weighted by molar-refractivity contribution is -0.136. The van der Waals surface area contributed by atoms with Crippen molar-refractivity contribution in [1.29, 1.82) is 0 Å². The lowest BCUT2D eigenvalue weighted by atomic mass is 9.73. The highest BCUT2D eigenvalue weighted by Gasteiger charge is 2.55. The van der Waals surface area contributed by atoms with Gasteiger partial charge in [-0.1, -0.05) is 19.8 Å². The molecule has 0 radical (unpaired) electrons. The molecule has 1 saturated carbocycles. The second-order valence-electron chi connectivity index (χ2n) is 6.61. The van der Waals surface area contributed by atoms with E-state index in [4.69, 9.17) is 0 Å². The fraction of sp³-hybridized carbons (Fsp3) is 0.471. The lowest BCUT2D eigenvalue weighted by Crippen LogP contribution is -2.54. The number of nitrogens with zero attached hydrogens (tertiary/aromatic N) is 1. The Morgan fingerprint density at radius 2 is 2.12 bits per heavy atom. The zero-order valence-electron chi connectivity index (χ0n) is 13.8. The van der Waals surface area contributed by atoms with Gasteiger partial charge in [-0.3, -0.25) is 14.5 Å². The summed E-state index contributed by atoms with van der Waals surface area (Å²) in [5.74, 6) is -2.85. The monoisotopic (exact) mass is 351 g/mol. The van der Waals surface area contributed by atoms with Crippen molar-refractivity contribution in [2.24, 2.45) is 5.92 Å². The number of imide groups is 1. The van der Waals surface area contributed by atoms with Gasteiger partial charge in [-0.25, -0.2) is 13.6 Å². The zero-order chi connectivity index (χ0) is 18.2. The number of anilines is 1. The van der Waals surface area contributed by atoms with Crippen LogP contribution in [0.4, 0.5) is 19.3 Å². The van der Waals surface area contributed by atoms with E-state index in [1.165, 1.54) is 0 Å². The first-order valence-corrected chi connectivity index (χ1v) is 8.22. The molecule has 2 unspecified atom stereocenters. The van der Waals surface area contributed by atoms with Crippen molar-refractivity contribution in [1.82, 2.24) is 10.2 Å². The second kappa shape index (κ2) is 6.42. The van der Waals surface area contributed by atoms with Gasteiger partial charge in [0.1, 0.15) is 23.7 Å². The third-order valence-corrected chi connectivity index (χ3v) is 5.01. The zero-order valence-corrected chi connectivity index (χ0v) is 13.8. The van der Waals surface area contributed by atoms with Crippen LogP contribution in [0, 0.1) is 17.6 Å². The van der Waals surface area contributed by atoms with Crippen LogP contribution in [0.2, 0.25) is 0 Å². The van der Waals surface area contributed by atoms with Gasteiger partial charge in [0.25, 0.3) is 5.91 Å². The van der Waals surface area contributed by atoms with E-state index in [1.807, 2.05) is 6.92 Å². The quantitative estimate of drug-likeness (QED) is 0.821. The van der Waals surface area contributed by atoms with E-state index in [0.717, 1.165) is 36.3 Å². The molecule has 1 aromatic rings. The first-order chi connectivity index (χ1) is 11.8. The number of halogens is 2. The Morgan fingerprint density at radius 1 is 1.36 bits per heavy atom. The van der Waals surface area contributed by atoms with Crippen LogP contribution in [0.1, 0.15) is 32.6 Å². The molecule has 1 spiro atoms. The standard InChI is InChI=1S/C17H19F2N3O3/c1-10-4-2-3-7-17(10)15(24)22(16(25)21-17)9-14(23)20-13-6-5-11(18)8-12(13)19/h5-6,8,10H,2-4,7,9H2,1H3,(H,20,23)(H,21,25). The van der Waals surface area contributed by atoms with Gasteiger partial charge in [-0.2, -0.15) is 0 Å². The first-order valence-electron chi connectivity index (χ1n) is 8.22. The summed E-state index contributed by atoms with van der Waals surface area (Å²) in [4.78, 5) is 37.9. The van der Waals surface area contributed by atoms with E-state index >= 15 is 0 Å². The maximum Gasteiger partial charge on any atom is 0.325 e. The summed E-state index contributed by atoms with van der Waals surface area (Å²) < 4.78 is 26.5. The van der Waals surface area contributed by atoms with E-state index in [9.17, 15) is 23.2 Å². The van der Waals surface area contributed by atoms with E-state index in [0.29, 0.717) is 12.5 Å². The number of benzene rings is 1. The number of nitrogens with one attached hydrogen (secondary N) is 2. The number of carbonyl (C=O) groups excluding carboxylic acids is 3. The summed E-state index contributed by atoms with van der Waals surface area (Å²) in [6.07, 6.45) is 3.20. The van der Waals surface area contributed by atoms with Crippen LogP contribution in [0.25, 0.3) is 0 Å². The Balaban J connectivity index is 1.71. The average molecular weight is 351 g/mol. The molecule has 6 nitrogen and oxygen atoms in total. The SMILES string of the molecule is CC1CCCCC12NC(=O)N(CC(=O)Nc1ccc(F)cc1F)C2=O. The number of amides is 4. The summed E-state index contributed by atoms with van der Waals surface area (Å²) in [6.45, 7) is 1.39. The van der Waals surface area contributed by atoms with Gasteiger partial charge in [0, 0.05) is 6.07 Å². The Labute approximate surface area is 143 Å². The minimum atomic E-state index is -0.948. The van der Waals surface area contributed by atoms with Gasteiger partial charge in [-0.15, -0.1) is 0 Å². The fourth-order valence-corrected chi connectivity index (χ4v) is 3.56. The normalized spacial score (nSPS) is 26.0. The molecule has 1 aromatic carbocycles. The third-order valence-electron chi connectivity index (χ3n) is 5.01. The molecule has 134 valence electrons. The molecule has 2 N–H and O–H groups in total. The van der Waals surface area contributed by atoms with Gasteiger partial charge in [0.15, 0.2) is 0 Å². The summed E-state index contributed by atoms with van der Waals surface area (Å²) >= 11 is 0. The molecular formula is C17H19F2N3O3. The topological polar surface area (TPSA) is 78.5 Å². The molecule has 2 fully saturated rings. The highest BCUT2D eigenvalue weighted by molar-refractivity contribution is 6.10. The van der Waals surface area contributed by atoms with Gasteiger partial charge in [0.2, 0.25) is 5.91 Å². The van der Waals surface area contributed by atoms with Crippen LogP contribution >= 0.6 is 0 Å². The lowest BCUT2D eigenvalue weighted by Gasteiger charge is -2.36. The molecule has 0 bridgehead atoms. The van der Waals surface area contributed by atoms with E-state index in [-0.39, 0.29) is 11.6 Å². The van der Waals surface area contributed by atoms with E-state index < -0.39 is 41.6 Å². The van der Waals surface area contributed by atoms with Crippen molar-refractivity contribution in [2.75, 3.05) is 11.9 Å². The van der Waals surface area contributed by atoms with E-state index in [2.05, 4.69) is 10.6 Å². The Hall–Kier alpha value is -2.51. The highest BCUT2D eigenvalue weighted by Crippen LogP contribution is 2.38. The predicted molar refractivity (Wildman–Crippen MR) is 85.6 cm³/mol. The first kappa shape index (κ1) is 17.3. The summed E-state index contributed by atoms with van der Waals surface area (Å²) in [5, 5.41) is 4.99. The largest absolute Gasteiger partial charge is 0.325 e. The number of carbonyl (C=O) groups is 3. The number of hydrogen-bond acceptors (Lipinski definition) is 3. The Morgan fingerprint density at radius 3 is 2.80 bits per heavy atom. The molecule has 2 aliphatic rings. The molecule has 1 heterocycles. The number of urea groups is 1. The molecule has 2 atom stereocenters. The number of hydrogen-bond donors (Lipinski definition) is 2. The average Bonchev–Trinajstić information content (AvgIpc) is 2.78. The fourth-order valence-electron chi connectivity index (χ4n) is 3.56. The summed E-state index contributed by atoms with van der Waals surface area (Å²) in [6, 6.07) is 2.11. The third kappa shape index (κ3) is 3.08. The minimum absolute atomic E-state index is 0.0136. The maximum atomic E-state index is 13.6. The smallest absolute Gasteiger partial charge is 0.323 e. The molecule has 1 aliphatic heterocycles. The van der Waals surface area contributed by atoms with Crippen molar-refractivity contribution in [2.45, 2.75) is 38.1 Å².